The second kappa shape index (κ2) is 8.51. The Labute approximate surface area is 151 Å². The van der Waals surface area contributed by atoms with Gasteiger partial charge in [0.15, 0.2) is 0 Å². The first-order valence-electron chi connectivity index (χ1n) is 7.99. The minimum Gasteiger partial charge on any atom is -0.339 e. The number of hydrogen-bond donors (Lipinski definition) is 0. The van der Waals surface area contributed by atoms with Crippen LogP contribution in [0.15, 0.2) is 53.7 Å². The van der Waals surface area contributed by atoms with Gasteiger partial charge in [0.1, 0.15) is 0 Å². The third kappa shape index (κ3) is 4.97. The van der Waals surface area contributed by atoms with Crippen LogP contribution in [-0.2, 0) is 11.3 Å². The topological polar surface area (TPSA) is 36.4 Å². The van der Waals surface area contributed by atoms with Crippen molar-refractivity contribution in [2.45, 2.75) is 11.6 Å². The average molecular weight is 362 g/mol. The molecule has 0 N–H and O–H groups in total. The molecule has 0 radical (unpaired) electrons. The molecule has 2 heterocycles. The zero-order chi connectivity index (χ0) is 16.8. The first-order valence-corrected chi connectivity index (χ1v) is 9.35. The van der Waals surface area contributed by atoms with Crippen LogP contribution >= 0.6 is 23.4 Å². The maximum Gasteiger partial charge on any atom is 0.233 e. The molecule has 1 aliphatic heterocycles. The highest BCUT2D eigenvalue weighted by molar-refractivity contribution is 7.99. The van der Waals surface area contributed by atoms with E-state index in [1.54, 1.807) is 6.20 Å². The van der Waals surface area contributed by atoms with E-state index < -0.39 is 0 Å². The van der Waals surface area contributed by atoms with Gasteiger partial charge in [0.2, 0.25) is 5.91 Å². The molecule has 1 aromatic carbocycles. The van der Waals surface area contributed by atoms with Gasteiger partial charge >= 0.3 is 0 Å². The van der Waals surface area contributed by atoms with E-state index in [9.17, 15) is 4.79 Å². The fraction of sp³-hybridized carbons (Fsp3) is 0.333. The van der Waals surface area contributed by atoms with E-state index in [0.717, 1.165) is 42.8 Å². The Bertz CT molecular complexity index is 675. The largest absolute Gasteiger partial charge is 0.339 e. The van der Waals surface area contributed by atoms with E-state index in [1.165, 1.54) is 17.3 Å². The molecule has 24 heavy (non-hydrogen) atoms. The molecule has 0 atom stereocenters. The number of thioether (sulfide) groups is 1. The number of halogens is 1. The molecule has 0 saturated carbocycles. The lowest BCUT2D eigenvalue weighted by atomic mass is 10.2. The number of amides is 1. The van der Waals surface area contributed by atoms with Crippen LogP contribution in [0, 0.1) is 0 Å². The van der Waals surface area contributed by atoms with Crippen molar-refractivity contribution in [3.63, 3.8) is 0 Å². The summed E-state index contributed by atoms with van der Waals surface area (Å²) in [5, 5.41) is 1.67. The first-order chi connectivity index (χ1) is 11.7. The lowest BCUT2D eigenvalue weighted by molar-refractivity contribution is -0.130. The molecule has 0 unspecified atom stereocenters. The van der Waals surface area contributed by atoms with Crippen LogP contribution in [0.4, 0.5) is 0 Å². The smallest absolute Gasteiger partial charge is 0.233 e. The van der Waals surface area contributed by atoms with Crippen molar-refractivity contribution in [2.75, 3.05) is 31.9 Å². The van der Waals surface area contributed by atoms with Crippen molar-refractivity contribution in [2.24, 2.45) is 0 Å². The molecule has 3 rings (SSSR count). The first kappa shape index (κ1) is 17.3. The van der Waals surface area contributed by atoms with E-state index in [-0.39, 0.29) is 5.91 Å². The summed E-state index contributed by atoms with van der Waals surface area (Å²) in [5.74, 6) is 0.638. The molecule has 0 spiro atoms. The van der Waals surface area contributed by atoms with Crippen LogP contribution in [-0.4, -0.2) is 52.6 Å². The minimum absolute atomic E-state index is 0.188. The Hall–Kier alpha value is -1.56. The molecule has 1 aromatic heterocycles. The second-order valence-corrected chi connectivity index (χ2v) is 7.18. The van der Waals surface area contributed by atoms with Crippen LogP contribution in [0.3, 0.4) is 0 Å². The average Bonchev–Trinajstić information content (AvgIpc) is 2.61. The van der Waals surface area contributed by atoms with Crippen LogP contribution in [0.1, 0.15) is 5.56 Å². The molecular formula is C18H20ClN3OS. The number of nitrogens with zero attached hydrogens (tertiary/aromatic N) is 3. The Balaban J connectivity index is 1.43. The molecule has 1 saturated heterocycles. The molecule has 2 aromatic rings. The van der Waals surface area contributed by atoms with Crippen LogP contribution in [0.25, 0.3) is 0 Å². The normalized spacial score (nSPS) is 15.5. The Morgan fingerprint density at radius 3 is 2.67 bits per heavy atom. The maximum absolute atomic E-state index is 12.3. The van der Waals surface area contributed by atoms with E-state index in [1.807, 2.05) is 41.3 Å². The molecule has 1 fully saturated rings. The van der Waals surface area contributed by atoms with Crippen LogP contribution in [0.2, 0.25) is 5.02 Å². The molecule has 4 nitrogen and oxygen atoms in total. The second-order valence-electron chi connectivity index (χ2n) is 5.74. The molecule has 0 aliphatic carbocycles. The molecule has 1 aliphatic rings. The van der Waals surface area contributed by atoms with Gasteiger partial charge in [-0.2, -0.15) is 0 Å². The summed E-state index contributed by atoms with van der Waals surface area (Å²) in [6.07, 6.45) is 1.75. The van der Waals surface area contributed by atoms with Gasteiger partial charge in [0.05, 0.1) is 10.8 Å². The molecular weight excluding hydrogens is 342 g/mol. The third-order valence-corrected chi connectivity index (χ3v) is 5.17. The maximum atomic E-state index is 12.3. The lowest BCUT2D eigenvalue weighted by Gasteiger charge is -2.34. The van der Waals surface area contributed by atoms with E-state index in [4.69, 9.17) is 11.6 Å². The molecule has 126 valence electrons. The number of hydrogen-bond acceptors (Lipinski definition) is 4. The van der Waals surface area contributed by atoms with Crippen molar-refractivity contribution < 1.29 is 4.79 Å². The molecule has 1 amide bonds. The van der Waals surface area contributed by atoms with Crippen molar-refractivity contribution in [3.05, 3.63) is 59.2 Å². The van der Waals surface area contributed by atoms with Crippen LogP contribution < -0.4 is 0 Å². The van der Waals surface area contributed by atoms with Gasteiger partial charge in [0.25, 0.3) is 0 Å². The molecule has 0 bridgehead atoms. The number of carbonyl (C=O) groups is 1. The highest BCUT2D eigenvalue weighted by Crippen LogP contribution is 2.17. The summed E-state index contributed by atoms with van der Waals surface area (Å²) in [5.41, 5.74) is 1.22. The highest BCUT2D eigenvalue weighted by atomic mass is 35.5. The van der Waals surface area contributed by atoms with E-state index in [0.29, 0.717) is 5.75 Å². The predicted molar refractivity (Wildman–Crippen MR) is 98.3 cm³/mol. The van der Waals surface area contributed by atoms with Crippen molar-refractivity contribution in [1.29, 1.82) is 0 Å². The number of carbonyl (C=O) groups excluding carboxylic acids is 1. The standard InChI is InChI=1S/C18H20ClN3OS/c19-16-5-3-4-15(12-16)13-21-8-10-22(11-9-21)18(23)14-24-17-6-1-2-7-20-17/h1-7,12H,8-11,13-14H2. The monoisotopic (exact) mass is 361 g/mol. The zero-order valence-corrected chi connectivity index (χ0v) is 15.0. The van der Waals surface area contributed by atoms with Crippen molar-refractivity contribution in [3.8, 4) is 0 Å². The molecule has 6 heteroatoms. The van der Waals surface area contributed by atoms with Gasteiger partial charge in [0, 0.05) is 43.9 Å². The summed E-state index contributed by atoms with van der Waals surface area (Å²) < 4.78 is 0. The summed E-state index contributed by atoms with van der Waals surface area (Å²) >= 11 is 7.53. The minimum atomic E-state index is 0.188. The predicted octanol–water partition coefficient (Wildman–Crippen LogP) is 3.17. The van der Waals surface area contributed by atoms with Gasteiger partial charge in [-0.25, -0.2) is 4.98 Å². The quantitative estimate of drug-likeness (QED) is 0.766. The fourth-order valence-electron chi connectivity index (χ4n) is 2.71. The number of aromatic nitrogens is 1. The van der Waals surface area contributed by atoms with Gasteiger partial charge < -0.3 is 4.90 Å². The van der Waals surface area contributed by atoms with Crippen molar-refractivity contribution in [1.82, 2.24) is 14.8 Å². The highest BCUT2D eigenvalue weighted by Gasteiger charge is 2.21. The summed E-state index contributed by atoms with van der Waals surface area (Å²) in [6, 6.07) is 13.7. The van der Waals surface area contributed by atoms with Gasteiger partial charge in [-0.1, -0.05) is 41.6 Å². The number of pyridine rings is 1. The lowest BCUT2D eigenvalue weighted by Crippen LogP contribution is -2.48. The summed E-state index contributed by atoms with van der Waals surface area (Å²) in [7, 11) is 0. The summed E-state index contributed by atoms with van der Waals surface area (Å²) in [6.45, 7) is 4.23. The third-order valence-electron chi connectivity index (χ3n) is 4.00. The van der Waals surface area contributed by atoms with Gasteiger partial charge in [-0.15, -0.1) is 0 Å². The SMILES string of the molecule is O=C(CSc1ccccn1)N1CCN(Cc2cccc(Cl)c2)CC1. The Morgan fingerprint density at radius 1 is 1.12 bits per heavy atom. The fourth-order valence-corrected chi connectivity index (χ4v) is 3.69. The number of rotatable bonds is 5. The van der Waals surface area contributed by atoms with Gasteiger partial charge in [-0.3, -0.25) is 9.69 Å². The Morgan fingerprint density at radius 2 is 1.96 bits per heavy atom. The van der Waals surface area contributed by atoms with E-state index >= 15 is 0 Å². The Kier molecular flexibility index (Phi) is 6.12. The number of benzene rings is 1. The van der Waals surface area contributed by atoms with E-state index in [2.05, 4.69) is 16.0 Å². The zero-order valence-electron chi connectivity index (χ0n) is 13.4. The summed E-state index contributed by atoms with van der Waals surface area (Å²) in [4.78, 5) is 20.9. The van der Waals surface area contributed by atoms with Gasteiger partial charge in [-0.05, 0) is 29.8 Å². The number of piperazine rings is 1. The van der Waals surface area contributed by atoms with Crippen LogP contribution in [0.5, 0.6) is 0 Å². The van der Waals surface area contributed by atoms with Crippen molar-refractivity contribution >= 4 is 29.3 Å².